The molecule has 1 aliphatic heterocycles. The highest BCUT2D eigenvalue weighted by molar-refractivity contribution is 7.10. The summed E-state index contributed by atoms with van der Waals surface area (Å²) in [4.78, 5) is 27.3. The highest BCUT2D eigenvalue weighted by Crippen LogP contribution is 2.27. The number of rotatable bonds is 5. The molecule has 0 bridgehead atoms. The molecule has 0 saturated carbocycles. The second-order valence-electron chi connectivity index (χ2n) is 6.37. The summed E-state index contributed by atoms with van der Waals surface area (Å²) >= 11 is 1.56. The van der Waals surface area contributed by atoms with Crippen LogP contribution in [0.25, 0.3) is 6.08 Å². The van der Waals surface area contributed by atoms with Crippen molar-refractivity contribution in [2.45, 2.75) is 19.6 Å². The minimum atomic E-state index is -0.255. The molecule has 0 fully saturated rings. The van der Waals surface area contributed by atoms with Gasteiger partial charge in [-0.3, -0.25) is 9.89 Å². The van der Waals surface area contributed by atoms with E-state index in [-0.39, 0.29) is 11.9 Å². The van der Waals surface area contributed by atoms with E-state index in [2.05, 4.69) is 20.8 Å². The first-order valence-corrected chi connectivity index (χ1v) is 9.72. The number of fused-ring (bicyclic) bond motifs is 1. The highest BCUT2D eigenvalue weighted by atomic mass is 32.1. The molecule has 1 aliphatic rings. The van der Waals surface area contributed by atoms with Crippen LogP contribution >= 0.6 is 11.3 Å². The normalized spacial score (nSPS) is 12.9. The molecule has 3 amide bonds. The molecule has 142 valence electrons. The van der Waals surface area contributed by atoms with Crippen molar-refractivity contribution in [2.75, 3.05) is 5.32 Å². The number of H-pyrrole nitrogens is 1. The van der Waals surface area contributed by atoms with Gasteiger partial charge in [0.05, 0.1) is 18.8 Å². The smallest absolute Gasteiger partial charge is 0.318 e. The van der Waals surface area contributed by atoms with E-state index < -0.39 is 0 Å². The topological polar surface area (TPSA) is 90.1 Å². The first-order chi connectivity index (χ1) is 13.7. The molecule has 0 saturated heterocycles. The molecule has 0 atom stereocenters. The van der Waals surface area contributed by atoms with Gasteiger partial charge in [0.15, 0.2) is 5.82 Å². The quantitative estimate of drug-likeness (QED) is 0.581. The third kappa shape index (κ3) is 4.12. The Morgan fingerprint density at radius 3 is 2.82 bits per heavy atom. The van der Waals surface area contributed by atoms with E-state index in [1.807, 2.05) is 47.8 Å². The average Bonchev–Trinajstić information content (AvgIpc) is 3.44. The standard InChI is InChI=1S/C20H19N5O2S/c26-18(9-8-15-7-4-10-28-15)22-19-16-12-25(13-17(16)23-24-19)20(27)21-11-14-5-2-1-3-6-14/h1-10H,11-13H2,(H,21,27)(H2,22,23,24,26). The maximum absolute atomic E-state index is 12.4. The van der Waals surface area contributed by atoms with Crippen molar-refractivity contribution in [1.82, 2.24) is 20.4 Å². The first kappa shape index (κ1) is 18.0. The number of hydrogen-bond donors (Lipinski definition) is 3. The Labute approximate surface area is 166 Å². The van der Waals surface area contributed by atoms with Crippen LogP contribution in [-0.4, -0.2) is 27.0 Å². The number of anilines is 1. The summed E-state index contributed by atoms with van der Waals surface area (Å²) in [6.45, 7) is 1.31. The molecule has 28 heavy (non-hydrogen) atoms. The van der Waals surface area contributed by atoms with Crippen LogP contribution in [0.15, 0.2) is 53.9 Å². The van der Waals surface area contributed by atoms with Crippen molar-refractivity contribution < 1.29 is 9.59 Å². The summed E-state index contributed by atoms with van der Waals surface area (Å²) in [5.74, 6) is 0.212. The summed E-state index contributed by atoms with van der Waals surface area (Å²) < 4.78 is 0. The van der Waals surface area contributed by atoms with E-state index in [4.69, 9.17) is 0 Å². The molecular formula is C20H19N5O2S. The van der Waals surface area contributed by atoms with Crippen LogP contribution in [-0.2, 0) is 24.4 Å². The van der Waals surface area contributed by atoms with E-state index in [0.717, 1.165) is 21.7 Å². The molecule has 3 N–H and O–H groups in total. The number of nitrogens with one attached hydrogen (secondary N) is 3. The van der Waals surface area contributed by atoms with Crippen LogP contribution in [0.4, 0.5) is 10.6 Å². The largest absolute Gasteiger partial charge is 0.334 e. The Morgan fingerprint density at radius 1 is 1.18 bits per heavy atom. The van der Waals surface area contributed by atoms with Gasteiger partial charge in [-0.15, -0.1) is 11.3 Å². The molecule has 7 nitrogen and oxygen atoms in total. The number of nitrogens with zero attached hydrogens (tertiary/aromatic N) is 2. The Bertz CT molecular complexity index is 995. The van der Waals surface area contributed by atoms with Gasteiger partial charge < -0.3 is 15.5 Å². The number of aromatic amines is 1. The van der Waals surface area contributed by atoms with Gasteiger partial charge in [0.1, 0.15) is 0 Å². The Hall–Kier alpha value is -3.39. The van der Waals surface area contributed by atoms with Crippen LogP contribution in [0, 0.1) is 0 Å². The fourth-order valence-corrected chi connectivity index (χ4v) is 3.59. The monoisotopic (exact) mass is 393 g/mol. The molecule has 0 unspecified atom stereocenters. The number of urea groups is 1. The lowest BCUT2D eigenvalue weighted by Crippen LogP contribution is -2.36. The van der Waals surface area contributed by atoms with Gasteiger partial charge in [0.25, 0.3) is 0 Å². The first-order valence-electron chi connectivity index (χ1n) is 8.84. The molecule has 0 aliphatic carbocycles. The van der Waals surface area contributed by atoms with Crippen LogP contribution in [0.3, 0.4) is 0 Å². The predicted molar refractivity (Wildman–Crippen MR) is 108 cm³/mol. The van der Waals surface area contributed by atoms with Crippen LogP contribution in [0.1, 0.15) is 21.7 Å². The molecule has 0 spiro atoms. The summed E-state index contributed by atoms with van der Waals surface area (Å²) in [6.07, 6.45) is 3.24. The molecule has 0 radical (unpaired) electrons. The molecule has 3 heterocycles. The molecule has 1 aromatic carbocycles. The molecule has 8 heteroatoms. The summed E-state index contributed by atoms with van der Waals surface area (Å²) in [6, 6.07) is 13.5. The van der Waals surface area contributed by atoms with E-state index in [9.17, 15) is 9.59 Å². The molecule has 4 rings (SSSR count). The Balaban J connectivity index is 1.33. The SMILES string of the molecule is O=C(C=Cc1cccs1)Nc1n[nH]c2c1CN(C(=O)NCc1ccccc1)C2. The van der Waals surface area contributed by atoms with Crippen molar-refractivity contribution in [2.24, 2.45) is 0 Å². The van der Waals surface area contributed by atoms with Gasteiger partial charge in [0, 0.05) is 23.1 Å². The second kappa shape index (κ2) is 8.10. The summed E-state index contributed by atoms with van der Waals surface area (Å²) in [7, 11) is 0. The predicted octanol–water partition coefficient (Wildman–Crippen LogP) is 3.35. The van der Waals surface area contributed by atoms with Gasteiger partial charge in [0.2, 0.25) is 5.91 Å². The number of hydrogen-bond acceptors (Lipinski definition) is 4. The van der Waals surface area contributed by atoms with Gasteiger partial charge in [-0.25, -0.2) is 4.79 Å². The van der Waals surface area contributed by atoms with E-state index in [1.165, 1.54) is 6.08 Å². The Kier molecular flexibility index (Phi) is 5.20. The minimum Gasteiger partial charge on any atom is -0.334 e. The van der Waals surface area contributed by atoms with Crippen molar-refractivity contribution >= 4 is 35.2 Å². The number of thiophene rings is 1. The molecule has 2 aromatic heterocycles. The summed E-state index contributed by atoms with van der Waals surface area (Å²) in [5, 5.41) is 14.7. The fourth-order valence-electron chi connectivity index (χ4n) is 2.97. The molecule has 3 aromatic rings. The third-order valence-electron chi connectivity index (χ3n) is 4.41. The Morgan fingerprint density at radius 2 is 2.04 bits per heavy atom. The van der Waals surface area contributed by atoms with Crippen LogP contribution in [0.5, 0.6) is 0 Å². The van der Waals surface area contributed by atoms with Gasteiger partial charge in [-0.1, -0.05) is 36.4 Å². The van der Waals surface area contributed by atoms with Crippen molar-refractivity contribution in [3.8, 4) is 0 Å². The maximum atomic E-state index is 12.4. The van der Waals surface area contributed by atoms with Crippen LogP contribution < -0.4 is 10.6 Å². The lowest BCUT2D eigenvalue weighted by atomic mass is 10.2. The third-order valence-corrected chi connectivity index (χ3v) is 5.25. The van der Waals surface area contributed by atoms with Gasteiger partial charge in [-0.05, 0) is 23.1 Å². The lowest BCUT2D eigenvalue weighted by Gasteiger charge is -2.16. The fraction of sp³-hybridized carbons (Fsp3) is 0.150. The van der Waals surface area contributed by atoms with Crippen molar-refractivity contribution in [3.63, 3.8) is 0 Å². The number of aromatic nitrogens is 2. The van der Waals surface area contributed by atoms with Gasteiger partial charge >= 0.3 is 6.03 Å². The highest BCUT2D eigenvalue weighted by Gasteiger charge is 2.28. The van der Waals surface area contributed by atoms with Crippen LogP contribution in [0.2, 0.25) is 0 Å². The second-order valence-corrected chi connectivity index (χ2v) is 7.35. The van der Waals surface area contributed by atoms with Crippen molar-refractivity contribution in [3.05, 3.63) is 75.6 Å². The zero-order valence-electron chi connectivity index (χ0n) is 15.0. The zero-order chi connectivity index (χ0) is 19.3. The van der Waals surface area contributed by atoms with E-state index in [0.29, 0.717) is 25.5 Å². The summed E-state index contributed by atoms with van der Waals surface area (Å²) in [5.41, 5.74) is 2.72. The lowest BCUT2D eigenvalue weighted by molar-refractivity contribution is -0.111. The average molecular weight is 393 g/mol. The number of benzene rings is 1. The number of carbonyl (C=O) groups is 2. The van der Waals surface area contributed by atoms with Crippen molar-refractivity contribution in [1.29, 1.82) is 0 Å². The van der Waals surface area contributed by atoms with Gasteiger partial charge in [-0.2, -0.15) is 5.10 Å². The molecular weight excluding hydrogens is 374 g/mol. The maximum Gasteiger partial charge on any atom is 0.318 e. The van der Waals surface area contributed by atoms with E-state index in [1.54, 1.807) is 22.3 Å². The number of carbonyl (C=O) groups excluding carboxylic acids is 2. The zero-order valence-corrected chi connectivity index (χ0v) is 15.8. The number of amides is 3. The van der Waals surface area contributed by atoms with E-state index >= 15 is 0 Å². The minimum absolute atomic E-state index is 0.150.